The topological polar surface area (TPSA) is 123 Å². The van der Waals surface area contributed by atoms with Crippen LogP contribution in [0.4, 0.5) is 5.82 Å². The van der Waals surface area contributed by atoms with Gasteiger partial charge in [-0.25, -0.2) is 9.97 Å². The number of anilines is 1. The molecule has 1 aromatic carbocycles. The van der Waals surface area contributed by atoms with Crippen molar-refractivity contribution in [3.63, 3.8) is 0 Å². The second-order valence-electron chi connectivity index (χ2n) is 10.0. The van der Waals surface area contributed by atoms with Crippen molar-refractivity contribution in [3.05, 3.63) is 60.4 Å². The van der Waals surface area contributed by atoms with Crippen molar-refractivity contribution in [2.45, 2.75) is 18.6 Å². The molecule has 3 aromatic heterocycles. The molecule has 2 atom stereocenters. The number of carbonyl (C=O) groups excluding carboxylic acids is 1. The van der Waals surface area contributed by atoms with Gasteiger partial charge in [0, 0.05) is 62.2 Å². The number of amides is 1. The van der Waals surface area contributed by atoms with E-state index in [0.717, 1.165) is 41.7 Å². The lowest BCUT2D eigenvalue weighted by Crippen LogP contribution is -2.61. The first kappa shape index (κ1) is 26.0. The number of piperidine rings is 1. The average molecular weight is 556 g/mol. The number of β-amino-alcohol motifs (C(OH)–C–C–N with tert-alkyl or cyclic N) is 1. The summed E-state index contributed by atoms with van der Waals surface area (Å²) in [6.45, 7) is 6.04. The van der Waals surface area contributed by atoms with Crippen LogP contribution in [0.1, 0.15) is 12.1 Å². The van der Waals surface area contributed by atoms with E-state index in [1.807, 2.05) is 47.3 Å². The molecule has 2 saturated heterocycles. The van der Waals surface area contributed by atoms with E-state index in [4.69, 9.17) is 10.5 Å². The molecule has 6 rings (SSSR count). The van der Waals surface area contributed by atoms with Gasteiger partial charge in [-0.05, 0) is 47.6 Å². The number of fused-ring (bicyclic) bond motifs is 1. The van der Waals surface area contributed by atoms with Crippen molar-refractivity contribution in [2.75, 3.05) is 31.9 Å². The molecule has 0 spiro atoms. The Labute approximate surface area is 235 Å². The molecule has 0 saturated carbocycles. The number of hydrogen-bond acceptors (Lipinski definition) is 9. The van der Waals surface area contributed by atoms with Gasteiger partial charge in [-0.15, -0.1) is 0 Å². The molecule has 3 N–H and O–H groups in total. The maximum Gasteiger partial charge on any atom is 0.246 e. The number of ether oxygens (including phenoxy) is 1. The molecule has 2 aliphatic rings. The van der Waals surface area contributed by atoms with Crippen molar-refractivity contribution in [1.82, 2.24) is 28.7 Å². The Bertz CT molecular complexity index is 1620. The van der Waals surface area contributed by atoms with Crippen molar-refractivity contribution >= 4 is 34.3 Å². The number of nitrogens with zero attached hydrogens (tertiary/aromatic N) is 6. The predicted octanol–water partition coefficient (Wildman–Crippen LogP) is 2.90. The Morgan fingerprint density at radius 2 is 2.02 bits per heavy atom. The summed E-state index contributed by atoms with van der Waals surface area (Å²) in [6, 6.07) is 9.60. The largest absolute Gasteiger partial charge is 0.438 e. The molecule has 11 heteroatoms. The monoisotopic (exact) mass is 555 g/mol. The fourth-order valence-electron chi connectivity index (χ4n) is 5.49. The number of benzene rings is 1. The number of aliphatic hydroxyl groups is 1. The van der Waals surface area contributed by atoms with Gasteiger partial charge in [-0.1, -0.05) is 24.6 Å². The lowest BCUT2D eigenvalue weighted by Gasteiger charge is -2.47. The molecule has 0 unspecified atom stereocenters. The zero-order valence-corrected chi connectivity index (χ0v) is 22.8. The zero-order chi connectivity index (χ0) is 27.8. The van der Waals surface area contributed by atoms with E-state index in [9.17, 15) is 9.90 Å². The molecule has 0 bridgehead atoms. The van der Waals surface area contributed by atoms with Gasteiger partial charge in [0.2, 0.25) is 11.8 Å². The average Bonchev–Trinajstić information content (AvgIpc) is 3.55. The van der Waals surface area contributed by atoms with Crippen molar-refractivity contribution in [1.29, 1.82) is 0 Å². The second kappa shape index (κ2) is 10.7. The van der Waals surface area contributed by atoms with Crippen molar-refractivity contribution < 1.29 is 14.6 Å². The molecule has 1 amide bonds. The summed E-state index contributed by atoms with van der Waals surface area (Å²) >= 11 is 1.34. The molecular formula is C29H29N7O3S. The summed E-state index contributed by atoms with van der Waals surface area (Å²) in [6.07, 6.45) is 2.91. The first-order valence-corrected chi connectivity index (χ1v) is 13.9. The van der Waals surface area contributed by atoms with Crippen molar-refractivity contribution in [2.24, 2.45) is 13.0 Å². The quantitative estimate of drug-likeness (QED) is 0.285. The molecular weight excluding hydrogens is 526 g/mol. The minimum absolute atomic E-state index is 0.0280. The highest BCUT2D eigenvalue weighted by Crippen LogP contribution is 2.37. The van der Waals surface area contributed by atoms with Crippen molar-refractivity contribution in [3.8, 4) is 34.6 Å². The summed E-state index contributed by atoms with van der Waals surface area (Å²) in [5.74, 6) is 8.52. The summed E-state index contributed by atoms with van der Waals surface area (Å²) in [7, 11) is 1.93. The molecule has 0 radical (unpaired) electrons. The molecule has 5 heterocycles. The fourth-order valence-corrected chi connectivity index (χ4v) is 5.93. The molecule has 10 nitrogen and oxygen atoms in total. The Balaban J connectivity index is 1.23. The molecule has 2 fully saturated rings. The van der Waals surface area contributed by atoms with E-state index >= 15 is 0 Å². The number of nitrogen functional groups attached to an aromatic ring is 1. The van der Waals surface area contributed by atoms with Crippen LogP contribution in [0.5, 0.6) is 11.6 Å². The van der Waals surface area contributed by atoms with Gasteiger partial charge in [0.25, 0.3) is 0 Å². The highest BCUT2D eigenvalue weighted by molar-refractivity contribution is 7.03. The Hall–Kier alpha value is -4.24. The van der Waals surface area contributed by atoms with Gasteiger partial charge in [0.1, 0.15) is 29.2 Å². The minimum atomic E-state index is -0.583. The van der Waals surface area contributed by atoms with E-state index in [1.165, 1.54) is 23.9 Å². The summed E-state index contributed by atoms with van der Waals surface area (Å²) in [5, 5.41) is 13.3. The first-order chi connectivity index (χ1) is 19.4. The highest BCUT2D eigenvalue weighted by atomic mass is 32.1. The number of aromatic nitrogens is 4. The first-order valence-electron chi connectivity index (χ1n) is 13.1. The smallest absolute Gasteiger partial charge is 0.246 e. The molecule has 4 aromatic rings. The van der Waals surface area contributed by atoms with E-state index in [-0.39, 0.29) is 17.9 Å². The van der Waals surface area contributed by atoms with Gasteiger partial charge in [-0.3, -0.25) is 9.69 Å². The molecule has 0 aliphatic carbocycles. The number of carbonyl (C=O) groups is 1. The van der Waals surface area contributed by atoms with Crippen LogP contribution in [0.15, 0.2) is 54.7 Å². The summed E-state index contributed by atoms with van der Waals surface area (Å²) in [5.41, 5.74) is 9.68. The number of aryl methyl sites for hydroxylation is 1. The number of nitrogens with two attached hydrogens (primary N) is 1. The zero-order valence-electron chi connectivity index (χ0n) is 22.0. The Morgan fingerprint density at radius 3 is 2.73 bits per heavy atom. The summed E-state index contributed by atoms with van der Waals surface area (Å²) in [4.78, 5) is 24.5. The standard InChI is InChI=1S/C29H29N7O3S/c1-3-25(38)35-12-10-21(23(37)16-35)36-14-18(15-36)4-9-22-26(27-28(30)31-17-32-29(27)34(22)2)19-5-7-20(8-6-19)39-24-11-13-40-33-24/h3,5-8,11,13,17-18,21,23,37H,1,10,12,14-16H2,2H3,(H2,30,31,32)/t21-,23+/m1/s1. The lowest BCUT2D eigenvalue weighted by molar-refractivity contribution is -0.132. The minimum Gasteiger partial charge on any atom is -0.438 e. The lowest BCUT2D eigenvalue weighted by atomic mass is 9.91. The molecule has 204 valence electrons. The number of rotatable bonds is 5. The van der Waals surface area contributed by atoms with E-state index in [0.29, 0.717) is 36.2 Å². The van der Waals surface area contributed by atoms with Gasteiger partial charge >= 0.3 is 0 Å². The van der Waals surface area contributed by atoms with Crippen LogP contribution >= 0.6 is 11.5 Å². The summed E-state index contributed by atoms with van der Waals surface area (Å²) < 4.78 is 12.0. The van der Waals surface area contributed by atoms with Gasteiger partial charge in [-0.2, -0.15) is 4.37 Å². The van der Waals surface area contributed by atoms with Crippen LogP contribution in [0, 0.1) is 17.8 Å². The van der Waals surface area contributed by atoms with Gasteiger partial charge in [0.05, 0.1) is 11.5 Å². The van der Waals surface area contributed by atoms with E-state index in [1.54, 1.807) is 4.90 Å². The van der Waals surface area contributed by atoms with Gasteiger partial charge in [0.15, 0.2) is 0 Å². The Kier molecular flexibility index (Phi) is 6.98. The van der Waals surface area contributed by atoms with Crippen LogP contribution in [0.2, 0.25) is 0 Å². The Morgan fingerprint density at radius 1 is 1.23 bits per heavy atom. The fraction of sp³-hybridized carbons (Fsp3) is 0.310. The van der Waals surface area contributed by atoms with Crippen LogP contribution in [-0.4, -0.2) is 78.0 Å². The molecule has 2 aliphatic heterocycles. The third kappa shape index (κ3) is 4.81. The number of likely N-dealkylation sites (tertiary alicyclic amines) is 2. The van der Waals surface area contributed by atoms with Crippen LogP contribution < -0.4 is 10.5 Å². The SMILES string of the molecule is C=CC(=O)N1CC[C@@H](N2CC(C#Cc3c(-c4ccc(Oc5ccsn5)cc4)c4c(N)ncnc4n3C)C2)[C@@H](O)C1. The predicted molar refractivity (Wildman–Crippen MR) is 154 cm³/mol. The second-order valence-corrected chi connectivity index (χ2v) is 10.7. The number of aliphatic hydroxyl groups excluding tert-OH is 1. The van der Waals surface area contributed by atoms with E-state index < -0.39 is 6.10 Å². The van der Waals surface area contributed by atoms with Gasteiger partial charge < -0.3 is 25.0 Å². The third-order valence-corrected chi connectivity index (χ3v) is 8.13. The van der Waals surface area contributed by atoms with E-state index in [2.05, 4.69) is 37.7 Å². The normalized spacial score (nSPS) is 19.6. The maximum atomic E-state index is 11.9. The number of hydrogen-bond donors (Lipinski definition) is 2. The third-order valence-electron chi connectivity index (χ3n) is 7.58. The van der Waals surface area contributed by atoms with Crippen LogP contribution in [0.25, 0.3) is 22.2 Å². The van der Waals surface area contributed by atoms with Crippen LogP contribution in [-0.2, 0) is 11.8 Å². The highest BCUT2D eigenvalue weighted by Gasteiger charge is 2.38. The van der Waals surface area contributed by atoms with Crippen LogP contribution in [0.3, 0.4) is 0 Å². The molecule has 40 heavy (non-hydrogen) atoms. The maximum absolute atomic E-state index is 11.9.